The molecule has 2 aromatic rings. The summed E-state index contributed by atoms with van der Waals surface area (Å²) >= 11 is 0. The first-order valence-electron chi connectivity index (χ1n) is 6.75. The summed E-state index contributed by atoms with van der Waals surface area (Å²) in [6.45, 7) is 3.22. The van der Waals surface area contributed by atoms with E-state index < -0.39 is 11.4 Å². The van der Waals surface area contributed by atoms with E-state index in [0.29, 0.717) is 12.0 Å². The minimum Gasteiger partial charge on any atom is -0.378 e. The van der Waals surface area contributed by atoms with E-state index in [4.69, 9.17) is 0 Å². The number of amides is 1. The molecule has 0 saturated heterocycles. The van der Waals surface area contributed by atoms with Crippen molar-refractivity contribution in [2.24, 2.45) is 0 Å². The van der Waals surface area contributed by atoms with Gasteiger partial charge in [0.1, 0.15) is 11.4 Å². The van der Waals surface area contributed by atoms with Crippen LogP contribution >= 0.6 is 0 Å². The van der Waals surface area contributed by atoms with Gasteiger partial charge in [0.15, 0.2) is 0 Å². The second-order valence-electron chi connectivity index (χ2n) is 5.31. The summed E-state index contributed by atoms with van der Waals surface area (Å²) < 4.78 is 13.8. The quantitative estimate of drug-likeness (QED) is 0.675. The summed E-state index contributed by atoms with van der Waals surface area (Å²) in [5, 5.41) is 12.0. The molecule has 0 radical (unpaired) electrons. The van der Waals surface area contributed by atoms with Gasteiger partial charge in [-0.15, -0.1) is 0 Å². The zero-order chi connectivity index (χ0) is 16.2. The Balaban J connectivity index is 2.37. The number of anilines is 1. The van der Waals surface area contributed by atoms with E-state index in [-0.39, 0.29) is 5.69 Å². The van der Waals surface area contributed by atoms with Crippen LogP contribution in [0.1, 0.15) is 19.4 Å². The Kier molecular flexibility index (Phi) is 4.59. The van der Waals surface area contributed by atoms with Crippen LogP contribution in [0, 0.1) is 17.7 Å². The van der Waals surface area contributed by atoms with Gasteiger partial charge in [0.2, 0.25) is 6.41 Å². The van der Waals surface area contributed by atoms with Gasteiger partial charge in [-0.2, -0.15) is 0 Å². The van der Waals surface area contributed by atoms with Crippen molar-refractivity contribution in [3.05, 3.63) is 53.8 Å². The van der Waals surface area contributed by atoms with E-state index in [1.807, 2.05) is 0 Å². The van der Waals surface area contributed by atoms with Gasteiger partial charge >= 0.3 is 0 Å². The van der Waals surface area contributed by atoms with Crippen LogP contribution in [0.25, 0.3) is 11.1 Å². The zero-order valence-corrected chi connectivity index (χ0v) is 12.4. The van der Waals surface area contributed by atoms with Gasteiger partial charge in [-0.05, 0) is 37.6 Å². The minimum atomic E-state index is -1.05. The summed E-state index contributed by atoms with van der Waals surface area (Å²) in [5.41, 5.74) is 1.19. The molecule has 0 unspecified atom stereocenters. The highest BCUT2D eigenvalue weighted by molar-refractivity contribution is 5.85. The first-order chi connectivity index (χ1) is 10.4. The van der Waals surface area contributed by atoms with Crippen molar-refractivity contribution in [3.8, 4) is 23.0 Å². The van der Waals surface area contributed by atoms with Crippen LogP contribution in [0.3, 0.4) is 0 Å². The largest absolute Gasteiger partial charge is 0.378 e. The van der Waals surface area contributed by atoms with Crippen LogP contribution in [-0.4, -0.2) is 17.1 Å². The third-order valence-corrected chi connectivity index (χ3v) is 2.93. The SMILES string of the molecule is CC(C)(O)C#Cc1ccc(-c2cccc(F)c2NC=O)cc1. The lowest BCUT2D eigenvalue weighted by atomic mass is 10.0. The maximum Gasteiger partial charge on any atom is 0.211 e. The maximum absolute atomic E-state index is 13.8. The predicted octanol–water partition coefficient (Wildman–Crippen LogP) is 3.18. The molecule has 0 aliphatic heterocycles. The summed E-state index contributed by atoms with van der Waals surface area (Å²) in [4.78, 5) is 10.6. The number of carbonyl (C=O) groups excluding carboxylic acids is 1. The molecule has 1 amide bonds. The molecule has 4 heteroatoms. The smallest absolute Gasteiger partial charge is 0.211 e. The Morgan fingerprint density at radius 2 is 1.86 bits per heavy atom. The molecule has 112 valence electrons. The summed E-state index contributed by atoms with van der Waals surface area (Å²) in [6.07, 6.45) is 0.449. The molecule has 2 aromatic carbocycles. The number of hydrogen-bond acceptors (Lipinski definition) is 2. The van der Waals surface area contributed by atoms with Gasteiger partial charge in [-0.25, -0.2) is 4.39 Å². The number of carbonyl (C=O) groups is 1. The molecule has 2 N–H and O–H groups in total. The number of para-hydroxylation sites is 1. The van der Waals surface area contributed by atoms with Crippen molar-refractivity contribution in [2.75, 3.05) is 5.32 Å². The highest BCUT2D eigenvalue weighted by Gasteiger charge is 2.10. The minimum absolute atomic E-state index is 0.146. The second kappa shape index (κ2) is 6.42. The third kappa shape index (κ3) is 3.94. The van der Waals surface area contributed by atoms with Crippen LogP contribution in [0.2, 0.25) is 0 Å². The standard InChI is InChI=1S/C18H16FNO2/c1-18(2,22)11-10-13-6-8-14(9-7-13)15-4-3-5-16(19)17(15)20-12-21/h3-9,12,22H,1-2H3,(H,20,21). The average molecular weight is 297 g/mol. The Morgan fingerprint density at radius 3 is 2.45 bits per heavy atom. The molecule has 0 fully saturated rings. The van der Waals surface area contributed by atoms with Crippen molar-refractivity contribution in [2.45, 2.75) is 19.4 Å². The van der Waals surface area contributed by atoms with E-state index in [1.54, 1.807) is 50.2 Å². The molecule has 0 aliphatic carbocycles. The summed E-state index contributed by atoms with van der Waals surface area (Å²) in [7, 11) is 0. The number of benzene rings is 2. The Hall–Kier alpha value is -2.64. The lowest BCUT2D eigenvalue weighted by Gasteiger charge is -2.10. The zero-order valence-electron chi connectivity index (χ0n) is 12.4. The normalized spacial score (nSPS) is 10.5. The Bertz CT molecular complexity index is 734. The van der Waals surface area contributed by atoms with Gasteiger partial charge in [0.25, 0.3) is 0 Å². The highest BCUT2D eigenvalue weighted by atomic mass is 19.1. The molecule has 0 spiro atoms. The molecule has 3 nitrogen and oxygen atoms in total. The first-order valence-corrected chi connectivity index (χ1v) is 6.75. The Labute approximate surface area is 128 Å². The Morgan fingerprint density at radius 1 is 1.18 bits per heavy atom. The topological polar surface area (TPSA) is 49.3 Å². The highest BCUT2D eigenvalue weighted by Crippen LogP contribution is 2.30. The van der Waals surface area contributed by atoms with E-state index in [0.717, 1.165) is 11.1 Å². The van der Waals surface area contributed by atoms with Gasteiger partial charge in [0, 0.05) is 11.1 Å². The van der Waals surface area contributed by atoms with Crippen molar-refractivity contribution >= 4 is 12.1 Å². The molecular weight excluding hydrogens is 281 g/mol. The van der Waals surface area contributed by atoms with Gasteiger partial charge in [0.05, 0.1) is 5.69 Å². The number of aliphatic hydroxyl groups is 1. The fourth-order valence-corrected chi connectivity index (χ4v) is 1.93. The molecule has 2 rings (SSSR count). The molecule has 0 atom stereocenters. The number of rotatable bonds is 3. The van der Waals surface area contributed by atoms with Crippen molar-refractivity contribution in [3.63, 3.8) is 0 Å². The molecule has 22 heavy (non-hydrogen) atoms. The summed E-state index contributed by atoms with van der Waals surface area (Å²) in [5.74, 6) is 5.10. The fraction of sp³-hybridized carbons (Fsp3) is 0.167. The van der Waals surface area contributed by atoms with Crippen LogP contribution in [-0.2, 0) is 4.79 Å². The van der Waals surface area contributed by atoms with E-state index in [1.165, 1.54) is 6.07 Å². The lowest BCUT2D eigenvalue weighted by molar-refractivity contribution is -0.105. The molecule has 0 aromatic heterocycles. The fourth-order valence-electron chi connectivity index (χ4n) is 1.93. The molecule has 0 aliphatic rings. The maximum atomic E-state index is 13.8. The van der Waals surface area contributed by atoms with E-state index in [9.17, 15) is 14.3 Å². The summed E-state index contributed by atoms with van der Waals surface area (Å²) in [6, 6.07) is 11.7. The van der Waals surface area contributed by atoms with Crippen molar-refractivity contribution in [1.29, 1.82) is 0 Å². The van der Waals surface area contributed by atoms with Crippen molar-refractivity contribution in [1.82, 2.24) is 0 Å². The van der Waals surface area contributed by atoms with Crippen LogP contribution in [0.15, 0.2) is 42.5 Å². The monoisotopic (exact) mass is 297 g/mol. The number of nitrogens with one attached hydrogen (secondary N) is 1. The number of hydrogen-bond donors (Lipinski definition) is 2. The van der Waals surface area contributed by atoms with Crippen LogP contribution in [0.5, 0.6) is 0 Å². The molecule has 0 heterocycles. The third-order valence-electron chi connectivity index (χ3n) is 2.93. The van der Waals surface area contributed by atoms with Crippen LogP contribution in [0.4, 0.5) is 10.1 Å². The predicted molar refractivity (Wildman–Crippen MR) is 84.7 cm³/mol. The first kappa shape index (κ1) is 15.7. The average Bonchev–Trinajstić information content (AvgIpc) is 2.47. The van der Waals surface area contributed by atoms with Gasteiger partial charge < -0.3 is 10.4 Å². The van der Waals surface area contributed by atoms with E-state index in [2.05, 4.69) is 17.2 Å². The number of halogens is 1. The van der Waals surface area contributed by atoms with E-state index >= 15 is 0 Å². The molecule has 0 bridgehead atoms. The van der Waals surface area contributed by atoms with Gasteiger partial charge in [-0.1, -0.05) is 36.1 Å². The molecular formula is C18H16FNO2. The second-order valence-corrected chi connectivity index (χ2v) is 5.31. The van der Waals surface area contributed by atoms with Gasteiger partial charge in [-0.3, -0.25) is 4.79 Å². The molecule has 0 saturated carbocycles. The lowest BCUT2D eigenvalue weighted by Crippen LogP contribution is -2.14. The van der Waals surface area contributed by atoms with Crippen LogP contribution < -0.4 is 5.32 Å². The van der Waals surface area contributed by atoms with Crippen molar-refractivity contribution < 1.29 is 14.3 Å².